The number of likely N-dealkylation sites (N-methyl/N-ethyl adjacent to an activating group) is 1. The first-order valence-electron chi connectivity index (χ1n) is 11.3. The summed E-state index contributed by atoms with van der Waals surface area (Å²) < 4.78 is 28.2. The number of amides is 2. The van der Waals surface area contributed by atoms with Crippen molar-refractivity contribution in [3.8, 4) is 0 Å². The van der Waals surface area contributed by atoms with Gasteiger partial charge in [-0.2, -0.15) is 0 Å². The van der Waals surface area contributed by atoms with E-state index < -0.39 is 28.5 Å². The maximum absolute atomic E-state index is 13.7. The number of nitrogens with one attached hydrogen (secondary N) is 1. The van der Waals surface area contributed by atoms with Crippen molar-refractivity contribution < 1.29 is 18.0 Å². The van der Waals surface area contributed by atoms with E-state index in [0.717, 1.165) is 4.31 Å². The lowest BCUT2D eigenvalue weighted by molar-refractivity contribution is -0.139. The number of rotatable bonds is 10. The zero-order valence-corrected chi connectivity index (χ0v) is 22.2. The highest BCUT2D eigenvalue weighted by Gasteiger charge is 2.32. The Morgan fingerprint density at radius 2 is 1.53 bits per heavy atom. The number of sulfonamides is 1. The number of hydrogen-bond acceptors (Lipinski definition) is 4. The lowest BCUT2D eigenvalue weighted by Crippen LogP contribution is -2.51. The zero-order chi connectivity index (χ0) is 26.3. The van der Waals surface area contributed by atoms with Gasteiger partial charge in [-0.15, -0.1) is 0 Å². The van der Waals surface area contributed by atoms with Crippen molar-refractivity contribution in [1.29, 1.82) is 0 Å². The van der Waals surface area contributed by atoms with Crippen LogP contribution in [-0.2, 0) is 26.2 Å². The fourth-order valence-corrected chi connectivity index (χ4v) is 5.34. The molecule has 3 aromatic rings. The van der Waals surface area contributed by atoms with Crippen molar-refractivity contribution in [2.75, 3.05) is 17.4 Å². The van der Waals surface area contributed by atoms with Gasteiger partial charge in [-0.25, -0.2) is 8.42 Å². The number of carbonyl (C=O) groups excluding carboxylic acids is 2. The van der Waals surface area contributed by atoms with Gasteiger partial charge in [0.05, 0.1) is 20.6 Å². The maximum Gasteiger partial charge on any atom is 0.264 e. The third-order valence-corrected chi connectivity index (χ3v) is 8.04. The van der Waals surface area contributed by atoms with E-state index in [4.69, 9.17) is 23.2 Å². The van der Waals surface area contributed by atoms with Crippen LogP contribution in [0.2, 0.25) is 10.0 Å². The molecule has 0 radical (unpaired) electrons. The van der Waals surface area contributed by atoms with Crippen molar-refractivity contribution in [3.05, 3.63) is 94.5 Å². The Morgan fingerprint density at radius 1 is 0.917 bits per heavy atom. The quantitative estimate of drug-likeness (QED) is 0.397. The van der Waals surface area contributed by atoms with Crippen molar-refractivity contribution in [1.82, 2.24) is 10.2 Å². The average Bonchev–Trinajstić information content (AvgIpc) is 2.88. The van der Waals surface area contributed by atoms with Crippen LogP contribution in [0.5, 0.6) is 0 Å². The molecule has 0 saturated carbocycles. The molecule has 190 valence electrons. The lowest BCUT2D eigenvalue weighted by Gasteiger charge is -2.32. The minimum absolute atomic E-state index is 0.0298. The summed E-state index contributed by atoms with van der Waals surface area (Å²) in [6.45, 7) is 3.28. The molecule has 0 heterocycles. The molecule has 36 heavy (non-hydrogen) atoms. The molecule has 0 aliphatic carbocycles. The van der Waals surface area contributed by atoms with Gasteiger partial charge in [0.1, 0.15) is 12.6 Å². The molecule has 0 aliphatic rings. The van der Waals surface area contributed by atoms with E-state index in [1.165, 1.54) is 17.0 Å². The van der Waals surface area contributed by atoms with E-state index in [1.807, 2.05) is 0 Å². The minimum Gasteiger partial charge on any atom is -0.355 e. The monoisotopic (exact) mass is 547 g/mol. The Balaban J connectivity index is 2.00. The average molecular weight is 548 g/mol. The van der Waals surface area contributed by atoms with Crippen LogP contribution in [0.15, 0.2) is 83.8 Å². The summed E-state index contributed by atoms with van der Waals surface area (Å²) in [5, 5.41) is 3.39. The Morgan fingerprint density at radius 3 is 2.11 bits per heavy atom. The van der Waals surface area contributed by atoms with Crippen LogP contribution in [-0.4, -0.2) is 44.3 Å². The molecule has 0 fully saturated rings. The van der Waals surface area contributed by atoms with Crippen LogP contribution < -0.4 is 9.62 Å². The summed E-state index contributed by atoms with van der Waals surface area (Å²) in [5.41, 5.74) is 0.973. The lowest BCUT2D eigenvalue weighted by atomic mass is 10.1. The van der Waals surface area contributed by atoms with Gasteiger partial charge in [0.2, 0.25) is 11.8 Å². The molecule has 3 rings (SSSR count). The van der Waals surface area contributed by atoms with Crippen LogP contribution >= 0.6 is 23.2 Å². The SMILES string of the molecule is CCNC(=O)[C@H](C)N(Cc1ccc(Cl)c(Cl)c1)C(=O)CN(c1ccccc1)S(=O)(=O)c1ccccc1. The molecule has 1 N–H and O–H groups in total. The van der Waals surface area contributed by atoms with Gasteiger partial charge in [0.25, 0.3) is 10.0 Å². The first-order chi connectivity index (χ1) is 17.1. The van der Waals surface area contributed by atoms with Gasteiger partial charge >= 0.3 is 0 Å². The molecule has 7 nitrogen and oxygen atoms in total. The van der Waals surface area contributed by atoms with Crippen LogP contribution in [0.25, 0.3) is 0 Å². The van der Waals surface area contributed by atoms with Crippen molar-refractivity contribution in [3.63, 3.8) is 0 Å². The number of para-hydroxylation sites is 1. The highest BCUT2D eigenvalue weighted by atomic mass is 35.5. The van der Waals surface area contributed by atoms with Crippen molar-refractivity contribution >= 4 is 50.7 Å². The number of carbonyl (C=O) groups is 2. The Bertz CT molecular complexity index is 1310. The minimum atomic E-state index is -4.08. The molecular weight excluding hydrogens is 521 g/mol. The van der Waals surface area contributed by atoms with Gasteiger partial charge in [-0.3, -0.25) is 13.9 Å². The molecule has 0 aliphatic heterocycles. The van der Waals surface area contributed by atoms with E-state index in [0.29, 0.717) is 27.8 Å². The smallest absolute Gasteiger partial charge is 0.264 e. The third-order valence-electron chi connectivity index (χ3n) is 5.51. The second kappa shape index (κ2) is 12.3. The third kappa shape index (κ3) is 6.57. The van der Waals surface area contributed by atoms with Crippen molar-refractivity contribution in [2.45, 2.75) is 31.3 Å². The number of benzene rings is 3. The molecule has 1 atom stereocenters. The topological polar surface area (TPSA) is 86.8 Å². The van der Waals surface area contributed by atoms with E-state index in [-0.39, 0.29) is 17.3 Å². The van der Waals surface area contributed by atoms with E-state index >= 15 is 0 Å². The van der Waals surface area contributed by atoms with Gasteiger partial charge in [0, 0.05) is 13.1 Å². The van der Waals surface area contributed by atoms with Crippen LogP contribution in [0.1, 0.15) is 19.4 Å². The largest absolute Gasteiger partial charge is 0.355 e. The number of halogens is 2. The first kappa shape index (κ1) is 27.5. The first-order valence-corrected chi connectivity index (χ1v) is 13.5. The van der Waals surface area contributed by atoms with Crippen LogP contribution in [0.3, 0.4) is 0 Å². The molecule has 10 heteroatoms. The zero-order valence-electron chi connectivity index (χ0n) is 19.9. The second-order valence-electron chi connectivity index (χ2n) is 8.00. The second-order valence-corrected chi connectivity index (χ2v) is 10.7. The summed E-state index contributed by atoms with van der Waals surface area (Å²) in [7, 11) is -4.08. The summed E-state index contributed by atoms with van der Waals surface area (Å²) in [4.78, 5) is 27.8. The molecule has 0 bridgehead atoms. The van der Waals surface area contributed by atoms with Crippen LogP contribution in [0, 0.1) is 0 Å². The normalized spacial score (nSPS) is 12.0. The van der Waals surface area contributed by atoms with Gasteiger partial charge in [-0.05, 0) is 55.8 Å². The number of nitrogens with zero attached hydrogens (tertiary/aromatic N) is 2. The molecule has 2 amide bonds. The Kier molecular flexibility index (Phi) is 9.37. The van der Waals surface area contributed by atoms with Gasteiger partial charge < -0.3 is 10.2 Å². The van der Waals surface area contributed by atoms with E-state index in [9.17, 15) is 18.0 Å². The highest BCUT2D eigenvalue weighted by Crippen LogP contribution is 2.26. The standard InChI is InChI=1S/C26H27Cl2N3O4S/c1-3-29-26(33)19(2)30(17-20-14-15-23(27)24(28)16-20)25(32)18-31(21-10-6-4-7-11-21)36(34,35)22-12-8-5-9-13-22/h4-16,19H,3,17-18H2,1-2H3,(H,29,33)/t19-/m0/s1. The fourth-order valence-electron chi connectivity index (χ4n) is 3.58. The predicted molar refractivity (Wildman–Crippen MR) is 143 cm³/mol. The summed E-state index contributed by atoms with van der Waals surface area (Å²) in [6.07, 6.45) is 0. The van der Waals surface area contributed by atoms with Gasteiger partial charge in [-0.1, -0.05) is 65.7 Å². The van der Waals surface area contributed by atoms with Gasteiger partial charge in [0.15, 0.2) is 0 Å². The van der Waals surface area contributed by atoms with Crippen LogP contribution in [0.4, 0.5) is 5.69 Å². The van der Waals surface area contributed by atoms with Crippen molar-refractivity contribution in [2.24, 2.45) is 0 Å². The number of hydrogen-bond donors (Lipinski definition) is 1. The molecule has 3 aromatic carbocycles. The number of anilines is 1. The highest BCUT2D eigenvalue weighted by molar-refractivity contribution is 7.92. The molecule has 0 aromatic heterocycles. The Labute approximate surface area is 221 Å². The Hall–Kier alpha value is -3.07. The predicted octanol–water partition coefficient (Wildman–Crippen LogP) is 4.74. The fraction of sp³-hybridized carbons (Fsp3) is 0.231. The summed E-state index contributed by atoms with van der Waals surface area (Å²) in [5.74, 6) is -0.911. The van der Waals surface area contributed by atoms with E-state index in [2.05, 4.69) is 5.32 Å². The molecule has 0 saturated heterocycles. The summed E-state index contributed by atoms with van der Waals surface area (Å²) in [6, 6.07) is 20.3. The molecular formula is C26H27Cl2N3O4S. The molecule has 0 spiro atoms. The van der Waals surface area contributed by atoms with E-state index in [1.54, 1.807) is 80.6 Å². The maximum atomic E-state index is 13.7. The summed E-state index contributed by atoms with van der Waals surface area (Å²) >= 11 is 12.2. The molecule has 0 unspecified atom stereocenters.